The molecular formula is C18H28N2O3. The quantitative estimate of drug-likeness (QED) is 0.721. The lowest BCUT2D eigenvalue weighted by Gasteiger charge is -2.26. The summed E-state index contributed by atoms with van der Waals surface area (Å²) in [6.45, 7) is 10.1. The predicted octanol–water partition coefficient (Wildman–Crippen LogP) is 1.37. The van der Waals surface area contributed by atoms with Crippen LogP contribution in [0.4, 0.5) is 0 Å². The SMILES string of the molecule is c1cc2cc(c1)CN1CCOCCOCCN(CCOCC1)C2. The standard InChI is InChI=1S/C18H28N2O3/c1-2-17-14-18(3-1)16-20-5-9-21-8-4-19(15-17)6-10-22-12-13-23-11-7-20/h1-3,14H,4-13,15-16H2. The van der Waals surface area contributed by atoms with Crippen LogP contribution in [0.15, 0.2) is 24.3 Å². The van der Waals surface area contributed by atoms with E-state index in [1.807, 2.05) is 0 Å². The van der Waals surface area contributed by atoms with E-state index in [0.29, 0.717) is 13.2 Å². The molecule has 3 aliphatic heterocycles. The van der Waals surface area contributed by atoms with Gasteiger partial charge in [0.1, 0.15) is 0 Å². The lowest BCUT2D eigenvalue weighted by molar-refractivity contribution is 0.0313. The third-order valence-corrected chi connectivity index (χ3v) is 4.38. The van der Waals surface area contributed by atoms with Crippen LogP contribution in [0.1, 0.15) is 11.1 Å². The number of fused-ring (bicyclic) bond motifs is 11. The third-order valence-electron chi connectivity index (χ3n) is 4.38. The van der Waals surface area contributed by atoms with Crippen LogP contribution in [-0.2, 0) is 27.3 Å². The highest BCUT2D eigenvalue weighted by Crippen LogP contribution is 2.12. The molecule has 2 unspecified atom stereocenters. The summed E-state index contributed by atoms with van der Waals surface area (Å²) >= 11 is 0. The molecule has 4 bridgehead atoms. The molecule has 0 N–H and O–H groups in total. The summed E-state index contributed by atoms with van der Waals surface area (Å²) in [6, 6.07) is 8.95. The van der Waals surface area contributed by atoms with Crippen molar-refractivity contribution in [3.8, 4) is 0 Å². The highest BCUT2D eigenvalue weighted by atomic mass is 16.5. The van der Waals surface area contributed by atoms with Crippen molar-refractivity contribution in [1.29, 1.82) is 0 Å². The summed E-state index contributed by atoms with van der Waals surface area (Å²) in [5, 5.41) is 0. The average Bonchev–Trinajstić information content (AvgIpc) is 2.56. The molecule has 0 saturated carbocycles. The Labute approximate surface area is 139 Å². The molecule has 0 amide bonds. The Hall–Kier alpha value is -0.980. The number of hydrogen-bond acceptors (Lipinski definition) is 5. The maximum absolute atomic E-state index is 5.84. The van der Waals surface area contributed by atoms with E-state index >= 15 is 0 Å². The van der Waals surface area contributed by atoms with Crippen molar-refractivity contribution >= 4 is 0 Å². The van der Waals surface area contributed by atoms with Gasteiger partial charge in [-0.1, -0.05) is 24.3 Å². The van der Waals surface area contributed by atoms with Crippen molar-refractivity contribution in [1.82, 2.24) is 9.80 Å². The van der Waals surface area contributed by atoms with E-state index < -0.39 is 0 Å². The summed E-state index contributed by atoms with van der Waals surface area (Å²) in [5.41, 5.74) is 2.74. The summed E-state index contributed by atoms with van der Waals surface area (Å²) in [6.07, 6.45) is 0. The molecule has 4 rings (SSSR count). The second-order valence-electron chi connectivity index (χ2n) is 6.21. The van der Waals surface area contributed by atoms with Crippen molar-refractivity contribution in [3.05, 3.63) is 35.4 Å². The first kappa shape index (κ1) is 16.9. The van der Waals surface area contributed by atoms with Crippen LogP contribution in [0.3, 0.4) is 0 Å². The predicted molar refractivity (Wildman–Crippen MR) is 89.5 cm³/mol. The number of benzene rings is 1. The molecule has 5 nitrogen and oxygen atoms in total. The Morgan fingerprint density at radius 3 is 1.52 bits per heavy atom. The van der Waals surface area contributed by atoms with E-state index in [1.54, 1.807) is 0 Å². The Kier molecular flexibility index (Phi) is 6.85. The monoisotopic (exact) mass is 320 g/mol. The third kappa shape index (κ3) is 5.86. The van der Waals surface area contributed by atoms with E-state index in [9.17, 15) is 0 Å². The molecule has 3 heterocycles. The first-order valence-corrected chi connectivity index (χ1v) is 8.66. The zero-order chi connectivity index (χ0) is 15.7. The average molecular weight is 320 g/mol. The van der Waals surface area contributed by atoms with Crippen molar-refractivity contribution in [3.63, 3.8) is 0 Å². The van der Waals surface area contributed by atoms with E-state index in [0.717, 1.165) is 65.7 Å². The molecule has 1 aromatic carbocycles. The van der Waals surface area contributed by atoms with Crippen molar-refractivity contribution in [2.45, 2.75) is 13.1 Å². The molecule has 1 fully saturated rings. The van der Waals surface area contributed by atoms with Crippen molar-refractivity contribution in [2.75, 3.05) is 65.8 Å². The van der Waals surface area contributed by atoms with Crippen LogP contribution in [0.25, 0.3) is 0 Å². The van der Waals surface area contributed by atoms with Gasteiger partial charge in [0.15, 0.2) is 0 Å². The van der Waals surface area contributed by atoms with Crippen LogP contribution >= 0.6 is 0 Å². The smallest absolute Gasteiger partial charge is 0.0701 e. The van der Waals surface area contributed by atoms with Gasteiger partial charge < -0.3 is 14.2 Å². The van der Waals surface area contributed by atoms with Gasteiger partial charge >= 0.3 is 0 Å². The molecule has 0 spiro atoms. The second-order valence-corrected chi connectivity index (χ2v) is 6.21. The van der Waals surface area contributed by atoms with E-state index in [2.05, 4.69) is 34.1 Å². The molecule has 0 aromatic heterocycles. The number of rotatable bonds is 0. The van der Waals surface area contributed by atoms with Crippen LogP contribution in [0, 0.1) is 0 Å². The highest BCUT2D eigenvalue weighted by Gasteiger charge is 2.12. The Bertz CT molecular complexity index is 432. The Morgan fingerprint density at radius 2 is 1.04 bits per heavy atom. The zero-order valence-electron chi connectivity index (χ0n) is 13.9. The first-order chi connectivity index (χ1) is 11.4. The Morgan fingerprint density at radius 1 is 0.609 bits per heavy atom. The van der Waals surface area contributed by atoms with Crippen molar-refractivity contribution < 1.29 is 14.2 Å². The molecule has 1 saturated heterocycles. The van der Waals surface area contributed by atoms with Gasteiger partial charge in [-0.15, -0.1) is 0 Å². The minimum Gasteiger partial charge on any atom is -0.379 e. The molecule has 23 heavy (non-hydrogen) atoms. The van der Waals surface area contributed by atoms with Gasteiger partial charge in [-0.3, -0.25) is 9.80 Å². The van der Waals surface area contributed by atoms with Crippen LogP contribution < -0.4 is 0 Å². The lowest BCUT2D eigenvalue weighted by Crippen LogP contribution is -2.33. The summed E-state index contributed by atoms with van der Waals surface area (Å²) in [4.78, 5) is 4.83. The largest absolute Gasteiger partial charge is 0.379 e. The molecule has 3 aliphatic rings. The number of nitrogens with zero attached hydrogens (tertiary/aromatic N) is 2. The molecule has 0 radical (unpaired) electrons. The van der Waals surface area contributed by atoms with Gasteiger partial charge in [0.2, 0.25) is 0 Å². The summed E-state index contributed by atoms with van der Waals surface area (Å²) in [7, 11) is 0. The van der Waals surface area contributed by atoms with Gasteiger partial charge in [0.05, 0.1) is 39.6 Å². The maximum Gasteiger partial charge on any atom is 0.0701 e. The van der Waals surface area contributed by atoms with Crippen LogP contribution in [0.2, 0.25) is 0 Å². The molecular weight excluding hydrogens is 292 g/mol. The van der Waals surface area contributed by atoms with Gasteiger partial charge in [-0.05, 0) is 11.1 Å². The fourth-order valence-electron chi connectivity index (χ4n) is 3.08. The lowest BCUT2D eigenvalue weighted by atomic mass is 10.1. The zero-order valence-corrected chi connectivity index (χ0v) is 13.9. The summed E-state index contributed by atoms with van der Waals surface area (Å²) in [5.74, 6) is 0. The Balaban J connectivity index is 1.78. The molecule has 2 atom stereocenters. The highest BCUT2D eigenvalue weighted by molar-refractivity contribution is 5.23. The molecule has 128 valence electrons. The molecule has 0 aliphatic carbocycles. The van der Waals surface area contributed by atoms with E-state index in [-0.39, 0.29) is 0 Å². The summed E-state index contributed by atoms with van der Waals surface area (Å²) < 4.78 is 17.2. The van der Waals surface area contributed by atoms with Gasteiger partial charge in [0.25, 0.3) is 0 Å². The first-order valence-electron chi connectivity index (χ1n) is 8.66. The van der Waals surface area contributed by atoms with E-state index in [4.69, 9.17) is 14.2 Å². The maximum atomic E-state index is 5.84. The van der Waals surface area contributed by atoms with E-state index in [1.165, 1.54) is 11.1 Å². The molecule has 5 heteroatoms. The minimum absolute atomic E-state index is 0.679. The topological polar surface area (TPSA) is 34.2 Å². The number of hydrogen-bond donors (Lipinski definition) is 0. The van der Waals surface area contributed by atoms with Gasteiger partial charge in [0, 0.05) is 39.3 Å². The van der Waals surface area contributed by atoms with Crippen LogP contribution in [-0.4, -0.2) is 75.6 Å². The van der Waals surface area contributed by atoms with Gasteiger partial charge in [-0.2, -0.15) is 0 Å². The minimum atomic E-state index is 0.679. The van der Waals surface area contributed by atoms with Crippen molar-refractivity contribution in [2.24, 2.45) is 0 Å². The van der Waals surface area contributed by atoms with Gasteiger partial charge in [-0.25, -0.2) is 0 Å². The fraction of sp³-hybridized carbons (Fsp3) is 0.667. The number of ether oxygens (including phenoxy) is 3. The fourth-order valence-corrected chi connectivity index (χ4v) is 3.08. The van der Waals surface area contributed by atoms with Crippen LogP contribution in [0.5, 0.6) is 0 Å². The normalized spacial score (nSPS) is 28.0. The molecule has 1 aromatic rings. The second kappa shape index (κ2) is 9.35.